The van der Waals surface area contributed by atoms with Gasteiger partial charge < -0.3 is 40.9 Å². The molecule has 1 fully saturated rings. The minimum atomic E-state index is -0.911. The van der Waals surface area contributed by atoms with Crippen molar-refractivity contribution in [2.24, 2.45) is 11.8 Å². The maximum absolute atomic E-state index is 9.80. The zero-order valence-electron chi connectivity index (χ0n) is 17.8. The van der Waals surface area contributed by atoms with Crippen LogP contribution in [0.25, 0.3) is 0 Å². The monoisotopic (exact) mass is 438 g/mol. The molecule has 1 aliphatic rings. The van der Waals surface area contributed by atoms with Crippen LogP contribution in [-0.2, 0) is 0 Å². The lowest BCUT2D eigenvalue weighted by Crippen LogP contribution is -2.45. The summed E-state index contributed by atoms with van der Waals surface area (Å²) in [6, 6.07) is 0. The number of hydrogen-bond acceptors (Lipinski definition) is 10. The summed E-state index contributed by atoms with van der Waals surface area (Å²) < 4.78 is 0. The SMILES string of the molecule is OCC(O)CN(CC(O)CO)CC1CCCC(CN(CC(O)CO)CC(O)CO)C1. The zero-order valence-corrected chi connectivity index (χ0v) is 17.8. The molecule has 0 bridgehead atoms. The van der Waals surface area contributed by atoms with E-state index in [0.29, 0.717) is 24.9 Å². The summed E-state index contributed by atoms with van der Waals surface area (Å²) in [4.78, 5) is 3.75. The standard InChI is InChI=1S/C20H42N2O8/c23-11-17(27)7-21(8-18(28)12-24)5-15-2-1-3-16(4-15)6-22(9-19(29)13-25)10-20(30)14-26/h15-20,23-30H,1-14H2. The summed E-state index contributed by atoms with van der Waals surface area (Å²) in [5, 5.41) is 75.7. The van der Waals surface area contributed by atoms with Gasteiger partial charge in [0.2, 0.25) is 0 Å². The molecule has 0 radical (unpaired) electrons. The van der Waals surface area contributed by atoms with Gasteiger partial charge in [0.25, 0.3) is 0 Å². The van der Waals surface area contributed by atoms with Crippen LogP contribution in [0.1, 0.15) is 25.7 Å². The molecule has 0 aromatic carbocycles. The smallest absolute Gasteiger partial charge is 0.0897 e. The summed E-state index contributed by atoms with van der Waals surface area (Å²) in [7, 11) is 0. The first kappa shape index (κ1) is 27.6. The number of hydrogen-bond donors (Lipinski definition) is 8. The third-order valence-electron chi connectivity index (χ3n) is 5.64. The topological polar surface area (TPSA) is 168 Å². The van der Waals surface area contributed by atoms with E-state index in [1.54, 1.807) is 0 Å². The lowest BCUT2D eigenvalue weighted by molar-refractivity contribution is 0.00619. The second-order valence-corrected chi connectivity index (χ2v) is 8.68. The minimum absolute atomic E-state index is 0.215. The number of rotatable bonds is 16. The summed E-state index contributed by atoms with van der Waals surface area (Å²) in [5.74, 6) is 0.626. The number of aliphatic hydroxyl groups is 8. The van der Waals surface area contributed by atoms with Crippen LogP contribution in [0.3, 0.4) is 0 Å². The van der Waals surface area contributed by atoms with Crippen LogP contribution in [0.5, 0.6) is 0 Å². The fourth-order valence-corrected chi connectivity index (χ4v) is 4.33. The van der Waals surface area contributed by atoms with Gasteiger partial charge in [0.1, 0.15) is 0 Å². The molecule has 30 heavy (non-hydrogen) atoms. The van der Waals surface area contributed by atoms with E-state index in [1.807, 2.05) is 9.80 Å². The fourth-order valence-electron chi connectivity index (χ4n) is 4.33. The number of nitrogens with zero attached hydrogens (tertiary/aromatic N) is 2. The second kappa shape index (κ2) is 15.4. The van der Waals surface area contributed by atoms with Gasteiger partial charge in [-0.1, -0.05) is 6.42 Å². The average molecular weight is 439 g/mol. The molecule has 6 atom stereocenters. The van der Waals surface area contributed by atoms with E-state index in [0.717, 1.165) is 25.7 Å². The van der Waals surface area contributed by atoms with Gasteiger partial charge in [0.15, 0.2) is 0 Å². The van der Waals surface area contributed by atoms with Crippen LogP contribution < -0.4 is 0 Å². The quantitative estimate of drug-likeness (QED) is 0.123. The van der Waals surface area contributed by atoms with Crippen molar-refractivity contribution in [2.45, 2.75) is 50.1 Å². The summed E-state index contributed by atoms with van der Waals surface area (Å²) in [6.45, 7) is 0.647. The highest BCUT2D eigenvalue weighted by Gasteiger charge is 2.27. The average Bonchev–Trinajstić information content (AvgIpc) is 2.73. The van der Waals surface area contributed by atoms with Crippen molar-refractivity contribution in [2.75, 3.05) is 65.7 Å². The van der Waals surface area contributed by atoms with Crippen molar-refractivity contribution in [1.29, 1.82) is 0 Å². The second-order valence-electron chi connectivity index (χ2n) is 8.68. The maximum Gasteiger partial charge on any atom is 0.0897 e. The molecule has 6 unspecified atom stereocenters. The van der Waals surface area contributed by atoms with Crippen LogP contribution in [0, 0.1) is 11.8 Å². The Balaban J connectivity index is 2.66. The Hall–Kier alpha value is -0.400. The molecule has 10 heteroatoms. The number of aliphatic hydroxyl groups excluding tert-OH is 8. The molecule has 180 valence electrons. The third-order valence-corrected chi connectivity index (χ3v) is 5.64. The van der Waals surface area contributed by atoms with Gasteiger partial charge in [-0.2, -0.15) is 0 Å². The molecule has 0 heterocycles. The van der Waals surface area contributed by atoms with Crippen LogP contribution in [-0.4, -0.2) is 141 Å². The largest absolute Gasteiger partial charge is 0.394 e. The molecular formula is C20H42N2O8. The Labute approximate surface area is 179 Å². The van der Waals surface area contributed by atoms with Crippen LogP contribution in [0.2, 0.25) is 0 Å². The first-order valence-electron chi connectivity index (χ1n) is 10.9. The van der Waals surface area contributed by atoms with Crippen LogP contribution in [0.4, 0.5) is 0 Å². The molecule has 8 N–H and O–H groups in total. The molecule has 0 aliphatic heterocycles. The third kappa shape index (κ3) is 11.3. The highest BCUT2D eigenvalue weighted by molar-refractivity contribution is 4.81. The summed E-state index contributed by atoms with van der Waals surface area (Å²) in [6.07, 6.45) is 0.244. The molecule has 0 spiro atoms. The Kier molecular flexibility index (Phi) is 14.2. The van der Waals surface area contributed by atoms with E-state index in [-0.39, 0.29) is 52.6 Å². The highest BCUT2D eigenvalue weighted by Crippen LogP contribution is 2.30. The molecule has 1 saturated carbocycles. The van der Waals surface area contributed by atoms with Gasteiger partial charge in [0.05, 0.1) is 50.8 Å². The Morgan fingerprint density at radius 3 is 1.13 bits per heavy atom. The Morgan fingerprint density at radius 1 is 0.567 bits per heavy atom. The van der Waals surface area contributed by atoms with Crippen molar-refractivity contribution < 1.29 is 40.9 Å². The van der Waals surface area contributed by atoms with Crippen molar-refractivity contribution in [3.05, 3.63) is 0 Å². The van der Waals surface area contributed by atoms with E-state index in [4.69, 9.17) is 20.4 Å². The normalized spacial score (nSPS) is 24.2. The van der Waals surface area contributed by atoms with Crippen molar-refractivity contribution in [3.8, 4) is 0 Å². The molecule has 0 aromatic heterocycles. The predicted octanol–water partition coefficient (Wildman–Crippen LogP) is -3.19. The molecule has 0 amide bonds. The summed E-state index contributed by atoms with van der Waals surface area (Å²) in [5.41, 5.74) is 0. The molecule has 1 rings (SSSR count). The van der Waals surface area contributed by atoms with Gasteiger partial charge in [0, 0.05) is 39.3 Å². The van der Waals surface area contributed by atoms with E-state index >= 15 is 0 Å². The molecular weight excluding hydrogens is 396 g/mol. The van der Waals surface area contributed by atoms with Gasteiger partial charge in [-0.25, -0.2) is 0 Å². The van der Waals surface area contributed by atoms with Gasteiger partial charge in [-0.3, -0.25) is 9.80 Å². The van der Waals surface area contributed by atoms with Gasteiger partial charge in [-0.05, 0) is 31.1 Å². The van der Waals surface area contributed by atoms with Gasteiger partial charge in [-0.15, -0.1) is 0 Å². The van der Waals surface area contributed by atoms with Gasteiger partial charge >= 0.3 is 0 Å². The van der Waals surface area contributed by atoms with Crippen LogP contribution >= 0.6 is 0 Å². The van der Waals surface area contributed by atoms with E-state index < -0.39 is 24.4 Å². The summed E-state index contributed by atoms with van der Waals surface area (Å²) >= 11 is 0. The van der Waals surface area contributed by atoms with Crippen molar-refractivity contribution >= 4 is 0 Å². The highest BCUT2D eigenvalue weighted by atomic mass is 16.3. The fraction of sp³-hybridized carbons (Fsp3) is 1.00. The van der Waals surface area contributed by atoms with E-state index in [1.165, 1.54) is 0 Å². The van der Waals surface area contributed by atoms with E-state index in [2.05, 4.69) is 0 Å². The lowest BCUT2D eigenvalue weighted by atomic mass is 9.80. The Morgan fingerprint density at radius 2 is 0.867 bits per heavy atom. The first-order chi connectivity index (χ1) is 14.3. The van der Waals surface area contributed by atoms with E-state index in [9.17, 15) is 20.4 Å². The van der Waals surface area contributed by atoms with Crippen molar-refractivity contribution in [1.82, 2.24) is 9.80 Å². The molecule has 1 aliphatic carbocycles. The molecule has 0 aromatic rings. The molecule has 0 saturated heterocycles. The van der Waals surface area contributed by atoms with Crippen molar-refractivity contribution in [3.63, 3.8) is 0 Å². The minimum Gasteiger partial charge on any atom is -0.394 e. The maximum atomic E-state index is 9.80. The molecule has 10 nitrogen and oxygen atoms in total. The lowest BCUT2D eigenvalue weighted by Gasteiger charge is -2.37. The predicted molar refractivity (Wildman–Crippen MR) is 111 cm³/mol. The first-order valence-corrected chi connectivity index (χ1v) is 10.9. The zero-order chi connectivity index (χ0) is 22.5. The van der Waals surface area contributed by atoms with Crippen LogP contribution in [0.15, 0.2) is 0 Å². The Bertz CT molecular complexity index is 374.